The van der Waals surface area contributed by atoms with Gasteiger partial charge < -0.3 is 10.6 Å². The molecule has 8 heteroatoms. The van der Waals surface area contributed by atoms with Gasteiger partial charge in [0.05, 0.1) is 4.92 Å². The first-order chi connectivity index (χ1) is 9.72. The van der Waals surface area contributed by atoms with Gasteiger partial charge in [-0.25, -0.2) is 9.97 Å². The Kier molecular flexibility index (Phi) is 4.83. The molecule has 0 bridgehead atoms. The van der Waals surface area contributed by atoms with E-state index in [1.807, 2.05) is 24.4 Å². The highest BCUT2D eigenvalue weighted by molar-refractivity contribution is 7.09. The molecule has 0 radical (unpaired) electrons. The van der Waals surface area contributed by atoms with E-state index in [-0.39, 0.29) is 17.3 Å². The molecule has 106 valence electrons. The highest BCUT2D eigenvalue weighted by Gasteiger charge is 2.22. The number of aromatic nitrogens is 2. The minimum atomic E-state index is -0.467. The van der Waals surface area contributed by atoms with Crippen LogP contribution in [-0.2, 0) is 6.42 Å². The number of rotatable bonds is 7. The fourth-order valence-electron chi connectivity index (χ4n) is 1.74. The van der Waals surface area contributed by atoms with Crippen molar-refractivity contribution < 1.29 is 4.92 Å². The van der Waals surface area contributed by atoms with E-state index >= 15 is 0 Å². The van der Waals surface area contributed by atoms with E-state index in [0.29, 0.717) is 13.1 Å². The van der Waals surface area contributed by atoms with Gasteiger partial charge in [0.25, 0.3) is 0 Å². The maximum atomic E-state index is 11.2. The molecule has 0 aliphatic carbocycles. The van der Waals surface area contributed by atoms with Crippen LogP contribution in [0, 0.1) is 10.1 Å². The Morgan fingerprint density at radius 3 is 2.70 bits per heavy atom. The lowest BCUT2D eigenvalue weighted by Gasteiger charge is -2.08. The summed E-state index contributed by atoms with van der Waals surface area (Å²) in [5.74, 6) is 0.489. The number of hydrogen-bond acceptors (Lipinski definition) is 7. The van der Waals surface area contributed by atoms with Gasteiger partial charge in [-0.1, -0.05) is 6.07 Å². The third kappa shape index (κ3) is 3.41. The molecule has 2 heterocycles. The third-order valence-corrected chi connectivity index (χ3v) is 3.53. The van der Waals surface area contributed by atoms with Gasteiger partial charge >= 0.3 is 5.69 Å². The maximum absolute atomic E-state index is 11.2. The molecule has 0 spiro atoms. The lowest BCUT2D eigenvalue weighted by molar-refractivity contribution is -0.383. The molecule has 7 nitrogen and oxygen atoms in total. The average molecular weight is 293 g/mol. The van der Waals surface area contributed by atoms with Gasteiger partial charge in [0.15, 0.2) is 0 Å². The molecule has 0 fully saturated rings. The van der Waals surface area contributed by atoms with Gasteiger partial charge in [-0.15, -0.1) is 11.3 Å². The summed E-state index contributed by atoms with van der Waals surface area (Å²) in [7, 11) is 0. The minimum Gasteiger partial charge on any atom is -0.364 e. The Labute approximate surface area is 120 Å². The molecule has 0 atom stereocenters. The van der Waals surface area contributed by atoms with Crippen LogP contribution >= 0.6 is 11.3 Å². The van der Waals surface area contributed by atoms with Crippen molar-refractivity contribution in [2.24, 2.45) is 0 Å². The second kappa shape index (κ2) is 6.80. The van der Waals surface area contributed by atoms with Crippen LogP contribution in [0.15, 0.2) is 23.8 Å². The highest BCUT2D eigenvalue weighted by atomic mass is 32.1. The van der Waals surface area contributed by atoms with Crippen molar-refractivity contribution in [2.75, 3.05) is 23.7 Å². The van der Waals surface area contributed by atoms with E-state index in [4.69, 9.17) is 0 Å². The first kappa shape index (κ1) is 14.2. The zero-order chi connectivity index (χ0) is 14.4. The fourth-order valence-corrected chi connectivity index (χ4v) is 2.45. The predicted molar refractivity (Wildman–Crippen MR) is 79.4 cm³/mol. The SMILES string of the molecule is CCNc1ncnc(NCCc2cccs2)c1[N+](=O)[O-]. The lowest BCUT2D eigenvalue weighted by Crippen LogP contribution is -2.11. The van der Waals surface area contributed by atoms with Crippen LogP contribution in [0.3, 0.4) is 0 Å². The summed E-state index contributed by atoms with van der Waals surface area (Å²) in [5.41, 5.74) is -0.111. The summed E-state index contributed by atoms with van der Waals surface area (Å²) in [6.45, 7) is 3.01. The lowest BCUT2D eigenvalue weighted by atomic mass is 10.3. The number of thiophene rings is 1. The zero-order valence-corrected chi connectivity index (χ0v) is 11.8. The molecule has 0 aromatic carbocycles. The second-order valence-electron chi connectivity index (χ2n) is 3.96. The number of hydrogen-bond donors (Lipinski definition) is 2. The topological polar surface area (TPSA) is 93.0 Å². The number of nitro groups is 1. The quantitative estimate of drug-likeness (QED) is 0.602. The van der Waals surface area contributed by atoms with E-state index in [1.165, 1.54) is 11.2 Å². The summed E-state index contributed by atoms with van der Waals surface area (Å²) < 4.78 is 0. The molecule has 0 unspecified atom stereocenters. The number of nitrogens with one attached hydrogen (secondary N) is 2. The van der Waals surface area contributed by atoms with Crippen molar-refractivity contribution in [3.05, 3.63) is 38.8 Å². The van der Waals surface area contributed by atoms with Gasteiger partial charge in [-0.05, 0) is 24.8 Å². The van der Waals surface area contributed by atoms with E-state index in [1.54, 1.807) is 11.3 Å². The minimum absolute atomic E-state index is 0.111. The van der Waals surface area contributed by atoms with Crippen molar-refractivity contribution in [1.29, 1.82) is 0 Å². The van der Waals surface area contributed by atoms with E-state index in [9.17, 15) is 10.1 Å². The van der Waals surface area contributed by atoms with Crippen LogP contribution in [-0.4, -0.2) is 28.0 Å². The van der Waals surface area contributed by atoms with E-state index in [0.717, 1.165) is 6.42 Å². The van der Waals surface area contributed by atoms with Crippen LogP contribution in [0.1, 0.15) is 11.8 Å². The summed E-state index contributed by atoms with van der Waals surface area (Å²) in [6, 6.07) is 4.02. The van der Waals surface area contributed by atoms with E-state index in [2.05, 4.69) is 20.6 Å². The summed E-state index contributed by atoms with van der Waals surface area (Å²) in [4.78, 5) is 19.8. The van der Waals surface area contributed by atoms with Crippen molar-refractivity contribution in [3.63, 3.8) is 0 Å². The van der Waals surface area contributed by atoms with Crippen LogP contribution in [0.5, 0.6) is 0 Å². The number of anilines is 2. The molecule has 0 aliphatic rings. The van der Waals surface area contributed by atoms with Gasteiger partial charge in [0, 0.05) is 18.0 Å². The Morgan fingerprint density at radius 2 is 2.10 bits per heavy atom. The molecule has 0 amide bonds. The van der Waals surface area contributed by atoms with Crippen LogP contribution in [0.25, 0.3) is 0 Å². The summed E-state index contributed by atoms with van der Waals surface area (Å²) in [6.07, 6.45) is 2.12. The summed E-state index contributed by atoms with van der Waals surface area (Å²) in [5, 5.41) is 19.0. The molecule has 0 aliphatic heterocycles. The smallest absolute Gasteiger partial charge is 0.353 e. The van der Waals surface area contributed by atoms with Crippen molar-refractivity contribution in [3.8, 4) is 0 Å². The van der Waals surface area contributed by atoms with Crippen LogP contribution in [0.2, 0.25) is 0 Å². The normalized spacial score (nSPS) is 10.2. The van der Waals surface area contributed by atoms with E-state index < -0.39 is 4.92 Å². The first-order valence-corrected chi connectivity index (χ1v) is 7.09. The Balaban J connectivity index is 2.09. The van der Waals surface area contributed by atoms with Crippen LogP contribution in [0.4, 0.5) is 17.3 Å². The fraction of sp³-hybridized carbons (Fsp3) is 0.333. The summed E-state index contributed by atoms with van der Waals surface area (Å²) >= 11 is 1.66. The van der Waals surface area contributed by atoms with Gasteiger partial charge in [-0.2, -0.15) is 0 Å². The Hall–Kier alpha value is -2.22. The van der Waals surface area contributed by atoms with Crippen molar-refractivity contribution in [2.45, 2.75) is 13.3 Å². The van der Waals surface area contributed by atoms with Crippen molar-refractivity contribution in [1.82, 2.24) is 9.97 Å². The molecule has 20 heavy (non-hydrogen) atoms. The molecule has 2 aromatic heterocycles. The predicted octanol–water partition coefficient (Wildman–Crippen LogP) is 2.53. The molecule has 0 saturated heterocycles. The monoisotopic (exact) mass is 293 g/mol. The molecule has 0 saturated carbocycles. The standard InChI is InChI=1S/C12H15N5O2S/c1-2-13-11-10(17(18)19)12(16-8-15-11)14-6-5-9-4-3-7-20-9/h3-4,7-8H,2,5-6H2,1H3,(H2,13,14,15,16). The van der Waals surface area contributed by atoms with Gasteiger partial charge in [-0.3, -0.25) is 10.1 Å². The number of nitrogens with zero attached hydrogens (tertiary/aromatic N) is 3. The largest absolute Gasteiger partial charge is 0.364 e. The Morgan fingerprint density at radius 1 is 1.35 bits per heavy atom. The maximum Gasteiger partial charge on any atom is 0.353 e. The van der Waals surface area contributed by atoms with Crippen LogP contribution < -0.4 is 10.6 Å². The average Bonchev–Trinajstić information content (AvgIpc) is 2.92. The zero-order valence-electron chi connectivity index (χ0n) is 11.0. The molecule has 2 rings (SSSR count). The first-order valence-electron chi connectivity index (χ1n) is 6.22. The molecular formula is C12H15N5O2S. The molecule has 2 aromatic rings. The third-order valence-electron chi connectivity index (χ3n) is 2.59. The second-order valence-corrected chi connectivity index (χ2v) is 5.00. The highest BCUT2D eigenvalue weighted by Crippen LogP contribution is 2.28. The van der Waals surface area contributed by atoms with Crippen molar-refractivity contribution >= 4 is 28.7 Å². The molecule has 2 N–H and O–H groups in total. The van der Waals surface area contributed by atoms with Gasteiger partial charge in [0.1, 0.15) is 6.33 Å². The molecular weight excluding hydrogens is 278 g/mol. The Bertz CT molecular complexity index is 573. The van der Waals surface area contributed by atoms with Gasteiger partial charge in [0.2, 0.25) is 11.6 Å².